The Hall–Kier alpha value is -0.120. The quantitative estimate of drug-likeness (QED) is 0.550. The Labute approximate surface area is 117 Å². The van der Waals surface area contributed by atoms with Gasteiger partial charge in [0, 0.05) is 12.6 Å². The molecule has 2 aliphatic carbocycles. The summed E-state index contributed by atoms with van der Waals surface area (Å²) >= 11 is 0. The Morgan fingerprint density at radius 1 is 1.21 bits per heavy atom. The van der Waals surface area contributed by atoms with Crippen LogP contribution in [0.2, 0.25) is 0 Å². The third kappa shape index (κ3) is 3.50. The van der Waals surface area contributed by atoms with Gasteiger partial charge in [-0.3, -0.25) is 11.3 Å². The third-order valence-electron chi connectivity index (χ3n) is 5.81. The van der Waals surface area contributed by atoms with E-state index >= 15 is 0 Å². The molecule has 0 radical (unpaired) electrons. The first-order valence-corrected chi connectivity index (χ1v) is 8.43. The van der Waals surface area contributed by atoms with Crippen molar-refractivity contribution >= 4 is 0 Å². The fraction of sp³-hybridized carbons (Fsp3) is 1.00. The summed E-state index contributed by atoms with van der Waals surface area (Å²) in [4.78, 5) is 0. The standard InChI is InChI=1S/C16H30N2O/c17-18-15(3-1-4-16-5-2-8-19-16)11-14-10-12-6-7-13(14)9-12/h12-16,18H,1-11,17H2. The first-order valence-electron chi connectivity index (χ1n) is 8.43. The molecule has 3 aliphatic rings. The van der Waals surface area contributed by atoms with Crippen LogP contribution in [0.4, 0.5) is 0 Å². The maximum Gasteiger partial charge on any atom is 0.0576 e. The number of rotatable bonds is 7. The Balaban J connectivity index is 1.35. The second-order valence-corrected chi connectivity index (χ2v) is 7.10. The molecule has 1 saturated heterocycles. The van der Waals surface area contributed by atoms with Crippen LogP contribution in [0.5, 0.6) is 0 Å². The highest BCUT2D eigenvalue weighted by Gasteiger charge is 2.39. The smallest absolute Gasteiger partial charge is 0.0576 e. The van der Waals surface area contributed by atoms with Crippen LogP contribution in [0.15, 0.2) is 0 Å². The topological polar surface area (TPSA) is 47.3 Å². The second kappa shape index (κ2) is 6.55. The van der Waals surface area contributed by atoms with Crippen LogP contribution in [-0.4, -0.2) is 18.8 Å². The van der Waals surface area contributed by atoms with E-state index in [1.54, 1.807) is 0 Å². The fourth-order valence-electron chi connectivity index (χ4n) is 4.76. The molecule has 19 heavy (non-hydrogen) atoms. The third-order valence-corrected chi connectivity index (χ3v) is 5.81. The SMILES string of the molecule is NNC(CCCC1CCCO1)CC1CC2CCC1C2. The van der Waals surface area contributed by atoms with Crippen molar-refractivity contribution in [1.29, 1.82) is 0 Å². The van der Waals surface area contributed by atoms with Gasteiger partial charge in [0.1, 0.15) is 0 Å². The normalized spacial score (nSPS) is 39.0. The van der Waals surface area contributed by atoms with E-state index in [1.807, 2.05) is 0 Å². The zero-order valence-electron chi connectivity index (χ0n) is 12.2. The molecule has 3 heteroatoms. The van der Waals surface area contributed by atoms with Crippen molar-refractivity contribution in [2.24, 2.45) is 23.6 Å². The lowest BCUT2D eigenvalue weighted by molar-refractivity contribution is 0.101. The summed E-state index contributed by atoms with van der Waals surface area (Å²) in [7, 11) is 0. The Bertz CT molecular complexity index is 278. The van der Waals surface area contributed by atoms with E-state index < -0.39 is 0 Å². The highest BCUT2D eigenvalue weighted by molar-refractivity contribution is 4.91. The van der Waals surface area contributed by atoms with E-state index in [0.29, 0.717) is 12.1 Å². The average Bonchev–Trinajstić information content (AvgIpc) is 3.14. The summed E-state index contributed by atoms with van der Waals surface area (Å²) in [5, 5.41) is 0. The summed E-state index contributed by atoms with van der Waals surface area (Å²) in [6.07, 6.45) is 14.1. The van der Waals surface area contributed by atoms with Gasteiger partial charge in [-0.05, 0) is 75.5 Å². The number of nitrogens with two attached hydrogens (primary N) is 1. The Kier molecular flexibility index (Phi) is 4.78. The van der Waals surface area contributed by atoms with Crippen molar-refractivity contribution in [2.45, 2.75) is 76.4 Å². The molecule has 3 fully saturated rings. The maximum atomic E-state index is 5.76. The fourth-order valence-corrected chi connectivity index (χ4v) is 4.76. The number of ether oxygens (including phenoxy) is 1. The van der Waals surface area contributed by atoms with Crippen LogP contribution in [0.25, 0.3) is 0 Å². The predicted molar refractivity (Wildman–Crippen MR) is 77.5 cm³/mol. The van der Waals surface area contributed by atoms with Crippen molar-refractivity contribution < 1.29 is 4.74 Å². The zero-order chi connectivity index (χ0) is 13.1. The minimum absolute atomic E-state index is 0.533. The lowest BCUT2D eigenvalue weighted by atomic mass is 9.83. The minimum Gasteiger partial charge on any atom is -0.378 e. The minimum atomic E-state index is 0.533. The number of fused-ring (bicyclic) bond motifs is 2. The van der Waals surface area contributed by atoms with Gasteiger partial charge in [0.25, 0.3) is 0 Å². The molecule has 1 aliphatic heterocycles. The monoisotopic (exact) mass is 266 g/mol. The molecule has 2 bridgehead atoms. The van der Waals surface area contributed by atoms with E-state index in [0.717, 1.165) is 24.4 Å². The highest BCUT2D eigenvalue weighted by Crippen LogP contribution is 2.50. The molecule has 3 nitrogen and oxygen atoms in total. The van der Waals surface area contributed by atoms with Gasteiger partial charge in [-0.15, -0.1) is 0 Å². The van der Waals surface area contributed by atoms with Crippen LogP contribution >= 0.6 is 0 Å². The molecule has 2 saturated carbocycles. The van der Waals surface area contributed by atoms with Gasteiger partial charge < -0.3 is 4.74 Å². The van der Waals surface area contributed by atoms with Crippen LogP contribution in [0, 0.1) is 17.8 Å². The first kappa shape index (κ1) is 13.8. The molecule has 0 aromatic carbocycles. The summed E-state index contributed by atoms with van der Waals surface area (Å²) in [5.41, 5.74) is 3.07. The van der Waals surface area contributed by atoms with E-state index in [1.165, 1.54) is 64.2 Å². The molecule has 0 aromatic heterocycles. The van der Waals surface area contributed by atoms with E-state index in [-0.39, 0.29) is 0 Å². The molecule has 3 N–H and O–H groups in total. The van der Waals surface area contributed by atoms with Crippen molar-refractivity contribution in [1.82, 2.24) is 5.43 Å². The summed E-state index contributed by atoms with van der Waals surface area (Å²) in [5.74, 6) is 8.81. The highest BCUT2D eigenvalue weighted by atomic mass is 16.5. The van der Waals surface area contributed by atoms with E-state index in [2.05, 4.69) is 5.43 Å². The molecule has 3 rings (SSSR count). The molecule has 1 heterocycles. The summed E-state index contributed by atoms with van der Waals surface area (Å²) < 4.78 is 5.69. The number of hydrazine groups is 1. The lowest BCUT2D eigenvalue weighted by Crippen LogP contribution is -2.37. The van der Waals surface area contributed by atoms with Crippen molar-refractivity contribution in [3.05, 3.63) is 0 Å². The van der Waals surface area contributed by atoms with Crippen LogP contribution < -0.4 is 11.3 Å². The maximum absolute atomic E-state index is 5.76. The van der Waals surface area contributed by atoms with Gasteiger partial charge in [0.15, 0.2) is 0 Å². The largest absolute Gasteiger partial charge is 0.378 e. The predicted octanol–water partition coefficient (Wildman–Crippen LogP) is 2.99. The Morgan fingerprint density at radius 2 is 2.16 bits per heavy atom. The van der Waals surface area contributed by atoms with Gasteiger partial charge >= 0.3 is 0 Å². The van der Waals surface area contributed by atoms with E-state index in [4.69, 9.17) is 10.6 Å². The van der Waals surface area contributed by atoms with Crippen molar-refractivity contribution in [2.75, 3.05) is 6.61 Å². The molecule has 0 amide bonds. The first-order chi connectivity index (χ1) is 9.35. The van der Waals surface area contributed by atoms with Crippen molar-refractivity contribution in [3.8, 4) is 0 Å². The molecule has 5 atom stereocenters. The van der Waals surface area contributed by atoms with Gasteiger partial charge in [-0.25, -0.2) is 0 Å². The molecule has 0 aromatic rings. The van der Waals surface area contributed by atoms with Gasteiger partial charge in [0.05, 0.1) is 6.10 Å². The second-order valence-electron chi connectivity index (χ2n) is 7.10. The zero-order valence-corrected chi connectivity index (χ0v) is 12.2. The van der Waals surface area contributed by atoms with Crippen LogP contribution in [0.1, 0.15) is 64.2 Å². The average molecular weight is 266 g/mol. The van der Waals surface area contributed by atoms with E-state index in [9.17, 15) is 0 Å². The van der Waals surface area contributed by atoms with Crippen molar-refractivity contribution in [3.63, 3.8) is 0 Å². The molecule has 110 valence electrons. The number of hydrogen-bond acceptors (Lipinski definition) is 3. The number of hydrogen-bond donors (Lipinski definition) is 2. The lowest BCUT2D eigenvalue weighted by Gasteiger charge is -2.26. The molecule has 5 unspecified atom stereocenters. The summed E-state index contributed by atoms with van der Waals surface area (Å²) in [6, 6.07) is 0.533. The number of nitrogens with one attached hydrogen (secondary N) is 1. The van der Waals surface area contributed by atoms with Gasteiger partial charge in [-0.1, -0.05) is 6.42 Å². The molecular weight excluding hydrogens is 236 g/mol. The Morgan fingerprint density at radius 3 is 2.79 bits per heavy atom. The van der Waals surface area contributed by atoms with Crippen LogP contribution in [0.3, 0.4) is 0 Å². The van der Waals surface area contributed by atoms with Gasteiger partial charge in [0.2, 0.25) is 0 Å². The van der Waals surface area contributed by atoms with Gasteiger partial charge in [-0.2, -0.15) is 0 Å². The summed E-state index contributed by atoms with van der Waals surface area (Å²) in [6.45, 7) is 0.981. The molecule has 0 spiro atoms. The van der Waals surface area contributed by atoms with Crippen LogP contribution in [-0.2, 0) is 4.74 Å². The molecular formula is C16H30N2O.